The fraction of sp³-hybridized carbons (Fsp3) is 0.455. The fourth-order valence-electron chi connectivity index (χ4n) is 3.50. The number of hydrogen-bond donors (Lipinski definition) is 2. The smallest absolute Gasteiger partial charge is 0.225 e. The lowest BCUT2D eigenvalue weighted by molar-refractivity contribution is -0.116. The van der Waals surface area contributed by atoms with Crippen molar-refractivity contribution < 1.29 is 4.79 Å². The Labute approximate surface area is 161 Å². The summed E-state index contributed by atoms with van der Waals surface area (Å²) in [6.45, 7) is 13.6. The van der Waals surface area contributed by atoms with E-state index in [1.807, 2.05) is 24.3 Å². The van der Waals surface area contributed by atoms with Crippen LogP contribution in [0.1, 0.15) is 45.4 Å². The monoisotopic (exact) mass is 366 g/mol. The Morgan fingerprint density at radius 3 is 2.48 bits per heavy atom. The largest absolute Gasteiger partial charge is 0.338 e. The van der Waals surface area contributed by atoms with Gasteiger partial charge in [0.2, 0.25) is 5.91 Å². The topological polar surface area (TPSA) is 62.7 Å². The number of hydrogen-bond acceptors (Lipinski definition) is 2. The molecular formula is C22H30N4O. The molecule has 5 heteroatoms. The lowest BCUT2D eigenvalue weighted by Gasteiger charge is -2.16. The van der Waals surface area contributed by atoms with Crippen LogP contribution in [0.2, 0.25) is 0 Å². The summed E-state index contributed by atoms with van der Waals surface area (Å²) in [6, 6.07) is 8.01. The van der Waals surface area contributed by atoms with Crippen molar-refractivity contribution in [2.75, 3.05) is 5.32 Å². The summed E-state index contributed by atoms with van der Waals surface area (Å²) in [5, 5.41) is 3.18. The van der Waals surface area contributed by atoms with Crippen molar-refractivity contribution >= 4 is 22.8 Å². The quantitative estimate of drug-likeness (QED) is 0.623. The fourth-order valence-corrected chi connectivity index (χ4v) is 3.50. The van der Waals surface area contributed by atoms with Crippen LogP contribution in [-0.2, 0) is 11.3 Å². The Balaban J connectivity index is 2.14. The Kier molecular flexibility index (Phi) is 5.40. The molecule has 0 saturated carbocycles. The summed E-state index contributed by atoms with van der Waals surface area (Å²) in [7, 11) is 0. The number of aromatic nitrogens is 3. The van der Waals surface area contributed by atoms with E-state index in [0.29, 0.717) is 18.3 Å². The number of anilines is 1. The van der Waals surface area contributed by atoms with Crippen LogP contribution in [0.5, 0.6) is 0 Å². The minimum absolute atomic E-state index is 0.0462. The maximum absolute atomic E-state index is 12.6. The highest BCUT2D eigenvalue weighted by Crippen LogP contribution is 2.36. The third-order valence-electron chi connectivity index (χ3n) is 4.85. The molecule has 0 fully saturated rings. The summed E-state index contributed by atoms with van der Waals surface area (Å²) in [4.78, 5) is 20.8. The van der Waals surface area contributed by atoms with Gasteiger partial charge in [-0.1, -0.05) is 39.8 Å². The van der Waals surface area contributed by atoms with Crippen LogP contribution in [0.4, 0.5) is 5.82 Å². The van der Waals surface area contributed by atoms with Crippen LogP contribution in [0.25, 0.3) is 22.4 Å². The van der Waals surface area contributed by atoms with Crippen LogP contribution in [-0.4, -0.2) is 20.4 Å². The van der Waals surface area contributed by atoms with Crippen molar-refractivity contribution in [2.24, 2.45) is 11.8 Å². The number of aromatic amines is 1. The van der Waals surface area contributed by atoms with E-state index in [1.165, 1.54) is 5.69 Å². The van der Waals surface area contributed by atoms with E-state index < -0.39 is 0 Å². The third kappa shape index (κ3) is 3.92. The van der Waals surface area contributed by atoms with Gasteiger partial charge >= 0.3 is 0 Å². The van der Waals surface area contributed by atoms with Crippen LogP contribution < -0.4 is 5.32 Å². The SMILES string of the molecule is Cc1c(-c2nc3ccccc3[nH]2)c(NC(=O)CC(C)C)n(CC(C)C)c1C. The molecule has 3 aromatic rings. The number of rotatable bonds is 6. The summed E-state index contributed by atoms with van der Waals surface area (Å²) in [6.07, 6.45) is 0.504. The van der Waals surface area contributed by atoms with Gasteiger partial charge in [0.1, 0.15) is 11.6 Å². The highest BCUT2D eigenvalue weighted by molar-refractivity contribution is 5.96. The van der Waals surface area contributed by atoms with Crippen LogP contribution >= 0.6 is 0 Å². The maximum atomic E-state index is 12.6. The number of fused-ring (bicyclic) bond motifs is 1. The van der Waals surface area contributed by atoms with E-state index in [0.717, 1.165) is 40.3 Å². The minimum atomic E-state index is 0.0462. The van der Waals surface area contributed by atoms with Crippen molar-refractivity contribution in [3.63, 3.8) is 0 Å². The van der Waals surface area contributed by atoms with E-state index in [9.17, 15) is 4.79 Å². The molecule has 27 heavy (non-hydrogen) atoms. The average molecular weight is 367 g/mol. The number of carbonyl (C=O) groups is 1. The molecule has 0 bridgehead atoms. The normalized spacial score (nSPS) is 11.7. The Bertz CT molecular complexity index is 929. The van der Waals surface area contributed by atoms with Crippen molar-refractivity contribution in [2.45, 2.75) is 54.5 Å². The zero-order valence-corrected chi connectivity index (χ0v) is 17.2. The lowest BCUT2D eigenvalue weighted by Crippen LogP contribution is -2.19. The molecule has 0 spiro atoms. The molecule has 5 nitrogen and oxygen atoms in total. The Hall–Kier alpha value is -2.56. The highest BCUT2D eigenvalue weighted by atomic mass is 16.1. The molecule has 0 aliphatic rings. The molecule has 0 aliphatic carbocycles. The van der Waals surface area contributed by atoms with E-state index in [4.69, 9.17) is 4.98 Å². The second-order valence-electron chi connectivity index (χ2n) is 8.19. The van der Waals surface area contributed by atoms with E-state index in [2.05, 4.69) is 56.4 Å². The zero-order chi connectivity index (χ0) is 19.7. The number of amides is 1. The molecule has 0 unspecified atom stereocenters. The van der Waals surface area contributed by atoms with Crippen molar-refractivity contribution in [3.8, 4) is 11.4 Å². The molecular weight excluding hydrogens is 336 g/mol. The molecule has 1 aromatic carbocycles. The summed E-state index contributed by atoms with van der Waals surface area (Å²) < 4.78 is 2.22. The molecule has 144 valence electrons. The van der Waals surface area contributed by atoms with E-state index in [-0.39, 0.29) is 5.91 Å². The van der Waals surface area contributed by atoms with E-state index >= 15 is 0 Å². The second kappa shape index (κ2) is 7.59. The first kappa shape index (κ1) is 19.2. The predicted molar refractivity (Wildman–Crippen MR) is 112 cm³/mol. The molecule has 2 aromatic heterocycles. The third-order valence-corrected chi connectivity index (χ3v) is 4.85. The number of imidazole rings is 1. The number of benzene rings is 1. The Morgan fingerprint density at radius 1 is 1.15 bits per heavy atom. The van der Waals surface area contributed by atoms with Gasteiger partial charge in [-0.05, 0) is 43.4 Å². The van der Waals surface area contributed by atoms with Crippen LogP contribution in [0.15, 0.2) is 24.3 Å². The first-order valence-electron chi connectivity index (χ1n) is 9.72. The van der Waals surface area contributed by atoms with Crippen molar-refractivity contribution in [1.82, 2.24) is 14.5 Å². The van der Waals surface area contributed by atoms with Gasteiger partial charge < -0.3 is 14.9 Å². The van der Waals surface area contributed by atoms with Crippen molar-refractivity contribution in [3.05, 3.63) is 35.5 Å². The Morgan fingerprint density at radius 2 is 1.85 bits per heavy atom. The predicted octanol–water partition coefficient (Wildman–Crippen LogP) is 5.29. The molecule has 2 N–H and O–H groups in total. The first-order chi connectivity index (χ1) is 12.8. The maximum Gasteiger partial charge on any atom is 0.225 e. The van der Waals surface area contributed by atoms with Gasteiger partial charge in [-0.3, -0.25) is 4.79 Å². The molecule has 0 aliphatic heterocycles. The number of para-hydroxylation sites is 2. The van der Waals surface area contributed by atoms with Gasteiger partial charge in [-0.2, -0.15) is 0 Å². The number of nitrogens with zero attached hydrogens (tertiary/aromatic N) is 2. The van der Waals surface area contributed by atoms with Crippen LogP contribution in [0, 0.1) is 25.7 Å². The summed E-state index contributed by atoms with van der Waals surface area (Å²) in [5.41, 5.74) is 5.23. The molecule has 0 saturated heterocycles. The average Bonchev–Trinajstić information content (AvgIpc) is 3.09. The molecule has 1 amide bonds. The standard InChI is InChI=1S/C22H30N4O/c1-13(2)11-19(27)25-22-20(15(5)16(6)26(22)12-14(3)4)21-23-17-9-7-8-10-18(17)24-21/h7-10,13-14H,11-12H2,1-6H3,(H,23,24)(H,25,27). The minimum Gasteiger partial charge on any atom is -0.338 e. The van der Waals surface area contributed by atoms with Gasteiger partial charge in [-0.25, -0.2) is 4.98 Å². The number of H-pyrrole nitrogens is 1. The molecule has 3 rings (SSSR count). The zero-order valence-electron chi connectivity index (χ0n) is 17.2. The first-order valence-corrected chi connectivity index (χ1v) is 9.72. The van der Waals surface area contributed by atoms with E-state index in [1.54, 1.807) is 0 Å². The van der Waals surface area contributed by atoms with Crippen molar-refractivity contribution in [1.29, 1.82) is 0 Å². The van der Waals surface area contributed by atoms with Gasteiger partial charge in [0.05, 0.1) is 16.6 Å². The number of carbonyl (C=O) groups excluding carboxylic acids is 1. The summed E-state index contributed by atoms with van der Waals surface area (Å²) in [5.74, 6) is 2.49. The molecule has 0 atom stereocenters. The summed E-state index contributed by atoms with van der Waals surface area (Å²) >= 11 is 0. The van der Waals surface area contributed by atoms with Gasteiger partial charge in [0.25, 0.3) is 0 Å². The molecule has 0 radical (unpaired) electrons. The molecule has 2 heterocycles. The second-order valence-corrected chi connectivity index (χ2v) is 8.19. The van der Waals surface area contributed by atoms with Gasteiger partial charge in [0, 0.05) is 18.7 Å². The highest BCUT2D eigenvalue weighted by Gasteiger charge is 2.23. The number of nitrogens with one attached hydrogen (secondary N) is 2. The van der Waals surface area contributed by atoms with Gasteiger partial charge in [0.15, 0.2) is 0 Å². The lowest BCUT2D eigenvalue weighted by atomic mass is 10.1. The van der Waals surface area contributed by atoms with Crippen LogP contribution in [0.3, 0.4) is 0 Å². The van der Waals surface area contributed by atoms with Gasteiger partial charge in [-0.15, -0.1) is 0 Å².